The van der Waals surface area contributed by atoms with Gasteiger partial charge in [-0.2, -0.15) is 0 Å². The highest BCUT2D eigenvalue weighted by atomic mass is 32.2. The van der Waals surface area contributed by atoms with Crippen LogP contribution in [0.2, 0.25) is 0 Å². The first-order chi connectivity index (χ1) is 12.4. The smallest absolute Gasteiger partial charge is 0.261 e. The van der Waals surface area contributed by atoms with Gasteiger partial charge in [0.1, 0.15) is 0 Å². The normalized spacial score (nSPS) is 14.4. The van der Waals surface area contributed by atoms with Gasteiger partial charge in [-0.1, -0.05) is 29.8 Å². The summed E-state index contributed by atoms with van der Waals surface area (Å²) in [5.74, 6) is 0.201. The van der Waals surface area contributed by atoms with Crippen LogP contribution in [0.1, 0.15) is 30.4 Å². The molecule has 0 saturated carbocycles. The molecule has 138 valence electrons. The number of likely N-dealkylation sites (tertiary alicyclic amines) is 1. The minimum atomic E-state index is -3.59. The van der Waals surface area contributed by atoms with E-state index >= 15 is 0 Å². The van der Waals surface area contributed by atoms with Crippen molar-refractivity contribution in [2.45, 2.75) is 37.5 Å². The summed E-state index contributed by atoms with van der Waals surface area (Å²) in [6.45, 7) is 3.66. The van der Waals surface area contributed by atoms with Crippen LogP contribution in [0.25, 0.3) is 0 Å². The van der Waals surface area contributed by atoms with Crippen molar-refractivity contribution in [1.29, 1.82) is 0 Å². The summed E-state index contributed by atoms with van der Waals surface area (Å²) in [7, 11) is -3.59. The minimum Gasteiger partial charge on any atom is -0.343 e. The third-order valence-corrected chi connectivity index (χ3v) is 6.02. The van der Waals surface area contributed by atoms with E-state index in [0.717, 1.165) is 37.1 Å². The molecule has 2 aromatic carbocycles. The number of sulfonamides is 1. The van der Waals surface area contributed by atoms with Crippen molar-refractivity contribution >= 4 is 21.6 Å². The molecule has 3 rings (SSSR count). The van der Waals surface area contributed by atoms with Gasteiger partial charge in [-0.05, 0) is 56.0 Å². The van der Waals surface area contributed by atoms with E-state index < -0.39 is 10.0 Å². The van der Waals surface area contributed by atoms with E-state index in [1.54, 1.807) is 36.4 Å². The van der Waals surface area contributed by atoms with E-state index in [1.165, 1.54) is 0 Å². The molecular weight excluding hydrogens is 348 g/mol. The van der Waals surface area contributed by atoms with Gasteiger partial charge in [0.2, 0.25) is 5.91 Å². The van der Waals surface area contributed by atoms with Crippen LogP contribution in [-0.2, 0) is 21.2 Å². The molecule has 1 N–H and O–H groups in total. The van der Waals surface area contributed by atoms with Gasteiger partial charge in [-0.25, -0.2) is 8.42 Å². The monoisotopic (exact) mass is 372 g/mol. The molecule has 0 aromatic heterocycles. The Hall–Kier alpha value is -2.34. The number of benzene rings is 2. The molecule has 5 nitrogen and oxygen atoms in total. The molecule has 1 heterocycles. The SMILES string of the molecule is Cc1ccc(S(=O)(=O)Nc2ccc(CCC(=O)N3CCCC3)cc2)cc1. The molecule has 0 atom stereocenters. The predicted octanol–water partition coefficient (Wildman–Crippen LogP) is 3.35. The van der Waals surface area contributed by atoms with Crippen molar-refractivity contribution in [3.8, 4) is 0 Å². The van der Waals surface area contributed by atoms with Crippen LogP contribution in [0.5, 0.6) is 0 Å². The van der Waals surface area contributed by atoms with Crippen LogP contribution in [0.15, 0.2) is 53.4 Å². The summed E-state index contributed by atoms with van der Waals surface area (Å²) in [5.41, 5.74) is 2.55. The van der Waals surface area contributed by atoms with Crippen LogP contribution < -0.4 is 4.72 Å². The zero-order valence-electron chi connectivity index (χ0n) is 14.9. The van der Waals surface area contributed by atoms with E-state index in [4.69, 9.17) is 0 Å². The molecule has 0 aliphatic carbocycles. The quantitative estimate of drug-likeness (QED) is 0.846. The van der Waals surface area contributed by atoms with Gasteiger partial charge in [-0.3, -0.25) is 9.52 Å². The fourth-order valence-corrected chi connectivity index (χ4v) is 4.11. The summed E-state index contributed by atoms with van der Waals surface area (Å²) < 4.78 is 27.4. The molecule has 0 unspecified atom stereocenters. The maximum atomic E-state index is 12.4. The van der Waals surface area contributed by atoms with Crippen molar-refractivity contribution in [2.24, 2.45) is 0 Å². The summed E-state index contributed by atoms with van der Waals surface area (Å²) >= 11 is 0. The van der Waals surface area contributed by atoms with Crippen LogP contribution in [-0.4, -0.2) is 32.3 Å². The van der Waals surface area contributed by atoms with Gasteiger partial charge in [0, 0.05) is 25.2 Å². The second kappa shape index (κ2) is 7.91. The molecule has 0 radical (unpaired) electrons. The average Bonchev–Trinajstić information content (AvgIpc) is 3.16. The summed E-state index contributed by atoms with van der Waals surface area (Å²) in [4.78, 5) is 14.2. The van der Waals surface area contributed by atoms with Crippen molar-refractivity contribution < 1.29 is 13.2 Å². The Morgan fingerprint density at radius 2 is 1.62 bits per heavy atom. The molecule has 2 aromatic rings. The number of aryl methyl sites for hydroxylation is 2. The van der Waals surface area contributed by atoms with Crippen LogP contribution in [0.4, 0.5) is 5.69 Å². The highest BCUT2D eigenvalue weighted by Crippen LogP contribution is 2.18. The van der Waals surface area contributed by atoms with Crippen LogP contribution in [0, 0.1) is 6.92 Å². The van der Waals surface area contributed by atoms with Gasteiger partial charge in [0.15, 0.2) is 0 Å². The number of rotatable bonds is 6. The third-order valence-electron chi connectivity index (χ3n) is 4.62. The number of hydrogen-bond acceptors (Lipinski definition) is 3. The average molecular weight is 372 g/mol. The fourth-order valence-electron chi connectivity index (χ4n) is 3.05. The molecule has 0 spiro atoms. The third kappa shape index (κ3) is 4.64. The van der Waals surface area contributed by atoms with Gasteiger partial charge < -0.3 is 4.90 Å². The Kier molecular flexibility index (Phi) is 5.61. The number of anilines is 1. The molecule has 6 heteroatoms. The summed E-state index contributed by atoms with van der Waals surface area (Å²) in [5, 5.41) is 0. The molecule has 26 heavy (non-hydrogen) atoms. The van der Waals surface area contributed by atoms with Gasteiger partial charge >= 0.3 is 0 Å². The maximum Gasteiger partial charge on any atom is 0.261 e. The van der Waals surface area contributed by atoms with E-state index in [9.17, 15) is 13.2 Å². The van der Waals surface area contributed by atoms with E-state index in [-0.39, 0.29) is 10.8 Å². The maximum absolute atomic E-state index is 12.4. The highest BCUT2D eigenvalue weighted by Gasteiger charge is 2.17. The van der Waals surface area contributed by atoms with Gasteiger partial charge in [0.25, 0.3) is 10.0 Å². The zero-order valence-corrected chi connectivity index (χ0v) is 15.8. The molecule has 1 aliphatic rings. The summed E-state index contributed by atoms with van der Waals surface area (Å²) in [6, 6.07) is 13.9. The number of carbonyl (C=O) groups excluding carboxylic acids is 1. The van der Waals surface area contributed by atoms with E-state index in [2.05, 4.69) is 4.72 Å². The number of carbonyl (C=O) groups is 1. The fraction of sp³-hybridized carbons (Fsp3) is 0.350. The Bertz CT molecular complexity index is 853. The second-order valence-electron chi connectivity index (χ2n) is 6.70. The first-order valence-corrected chi connectivity index (χ1v) is 10.4. The Morgan fingerprint density at radius 1 is 1.00 bits per heavy atom. The molecule has 1 amide bonds. The molecule has 0 bridgehead atoms. The van der Waals surface area contributed by atoms with E-state index in [1.807, 2.05) is 24.0 Å². The van der Waals surface area contributed by atoms with Crippen molar-refractivity contribution in [3.63, 3.8) is 0 Å². The van der Waals surface area contributed by atoms with Crippen LogP contribution >= 0.6 is 0 Å². The minimum absolute atomic E-state index is 0.201. The Balaban J connectivity index is 1.58. The lowest BCUT2D eigenvalue weighted by Crippen LogP contribution is -2.27. The van der Waals surface area contributed by atoms with Gasteiger partial charge in [-0.15, -0.1) is 0 Å². The number of amides is 1. The molecular formula is C20H24N2O3S. The number of nitrogens with zero attached hydrogens (tertiary/aromatic N) is 1. The molecule has 1 aliphatic heterocycles. The largest absolute Gasteiger partial charge is 0.343 e. The molecule has 1 saturated heterocycles. The second-order valence-corrected chi connectivity index (χ2v) is 8.39. The lowest BCUT2D eigenvalue weighted by molar-refractivity contribution is -0.130. The van der Waals surface area contributed by atoms with Gasteiger partial charge in [0.05, 0.1) is 4.90 Å². The zero-order chi connectivity index (χ0) is 18.6. The van der Waals surface area contributed by atoms with Crippen molar-refractivity contribution in [2.75, 3.05) is 17.8 Å². The first-order valence-electron chi connectivity index (χ1n) is 8.90. The highest BCUT2D eigenvalue weighted by molar-refractivity contribution is 7.92. The number of hydrogen-bond donors (Lipinski definition) is 1. The molecule has 1 fully saturated rings. The summed E-state index contributed by atoms with van der Waals surface area (Å²) in [6.07, 6.45) is 3.36. The first kappa shape index (κ1) is 18.5. The van der Waals surface area contributed by atoms with Crippen molar-refractivity contribution in [1.82, 2.24) is 4.90 Å². The van der Waals surface area contributed by atoms with E-state index in [0.29, 0.717) is 18.5 Å². The lowest BCUT2D eigenvalue weighted by Gasteiger charge is -2.15. The number of nitrogens with one attached hydrogen (secondary N) is 1. The Labute approximate surface area is 155 Å². The Morgan fingerprint density at radius 3 is 2.23 bits per heavy atom. The van der Waals surface area contributed by atoms with Crippen LogP contribution in [0.3, 0.4) is 0 Å². The van der Waals surface area contributed by atoms with Crippen molar-refractivity contribution in [3.05, 3.63) is 59.7 Å². The topological polar surface area (TPSA) is 66.5 Å². The lowest BCUT2D eigenvalue weighted by atomic mass is 10.1. The standard InChI is InChI=1S/C20H24N2O3S/c1-16-4-11-19(12-5-16)26(24,25)21-18-9-6-17(7-10-18)8-13-20(23)22-14-2-3-15-22/h4-7,9-12,21H,2-3,8,13-15H2,1H3. The predicted molar refractivity (Wildman–Crippen MR) is 103 cm³/mol.